The summed E-state index contributed by atoms with van der Waals surface area (Å²) in [6.07, 6.45) is 3.01. The SMILES string of the molecule is CC(=O)OCC1O[C@H](Sc2cc(Cl)cnc2-c2ncc[nH]2)C(OC(C)=O)C(n2cc(-c3csc(N)n3)nn2)[C@H]1OC(C)=O. The van der Waals surface area contributed by atoms with Crippen LogP contribution in [0, 0.1) is 0 Å². The average molecular weight is 649 g/mol. The number of rotatable bonds is 9. The Hall–Kier alpha value is -4.06. The van der Waals surface area contributed by atoms with Crippen molar-refractivity contribution in [1.29, 1.82) is 0 Å². The number of esters is 3. The van der Waals surface area contributed by atoms with Crippen molar-refractivity contribution in [3.8, 4) is 22.9 Å². The summed E-state index contributed by atoms with van der Waals surface area (Å²) in [6.45, 7) is 3.42. The summed E-state index contributed by atoms with van der Waals surface area (Å²) in [5.74, 6) is -1.39. The Morgan fingerprint density at radius 3 is 2.56 bits per heavy atom. The van der Waals surface area contributed by atoms with E-state index in [0.717, 1.165) is 11.8 Å². The number of carbonyl (C=O) groups excluding carboxylic acids is 3. The molecule has 5 rings (SSSR count). The maximum atomic E-state index is 12.5. The number of thiazole rings is 1. The third-order valence-electron chi connectivity index (χ3n) is 6.06. The van der Waals surface area contributed by atoms with E-state index in [1.165, 1.54) is 43.0 Å². The molecule has 4 aromatic rings. The number of nitrogens with one attached hydrogen (secondary N) is 1. The Labute approximate surface area is 257 Å². The van der Waals surface area contributed by atoms with E-state index in [1.807, 2.05) is 0 Å². The van der Waals surface area contributed by atoms with Gasteiger partial charge in [0.1, 0.15) is 41.3 Å². The number of nitrogens with zero attached hydrogens (tertiary/aromatic N) is 6. The molecule has 0 bridgehead atoms. The van der Waals surface area contributed by atoms with Crippen LogP contribution < -0.4 is 5.73 Å². The number of hydrogen-bond acceptors (Lipinski definition) is 15. The van der Waals surface area contributed by atoms with Crippen molar-refractivity contribution in [3.63, 3.8) is 0 Å². The van der Waals surface area contributed by atoms with E-state index < -0.39 is 47.7 Å². The number of nitrogens with two attached hydrogens (primary N) is 1. The topological polar surface area (TPSA) is 199 Å². The van der Waals surface area contributed by atoms with Crippen LogP contribution in [0.1, 0.15) is 26.8 Å². The van der Waals surface area contributed by atoms with Crippen molar-refractivity contribution in [3.05, 3.63) is 41.3 Å². The second-order valence-corrected chi connectivity index (χ2v) is 11.7. The van der Waals surface area contributed by atoms with Crippen LogP contribution in [-0.2, 0) is 33.3 Å². The first-order valence-corrected chi connectivity index (χ1v) is 14.8. The van der Waals surface area contributed by atoms with Crippen LogP contribution >= 0.6 is 34.7 Å². The number of hydrogen-bond donors (Lipinski definition) is 2. The Morgan fingerprint density at radius 1 is 1.14 bits per heavy atom. The number of aromatic amines is 1. The highest BCUT2D eigenvalue weighted by Gasteiger charge is 2.52. The predicted octanol–water partition coefficient (Wildman–Crippen LogP) is 2.91. The monoisotopic (exact) mass is 648 g/mol. The van der Waals surface area contributed by atoms with Gasteiger partial charge < -0.3 is 29.7 Å². The second kappa shape index (κ2) is 13.1. The number of H-pyrrole nitrogens is 1. The van der Waals surface area contributed by atoms with Gasteiger partial charge in [0.15, 0.2) is 23.2 Å². The quantitative estimate of drug-likeness (QED) is 0.198. The standard InChI is InChI=1S/C25H25ClN8O7S2/c1-11(35)38-9-17-21(39-12(2)36)20(34-8-15(32-33-34)16-10-42-25(27)31-16)22(40-13(3)37)24(41-17)43-18-6-14(26)7-30-19(18)23-28-4-5-29-23/h4-8,10,17,20-22,24H,9H2,1-3H3,(H2,27,31)(H,28,29)/t17?,20?,21-,22?,24+/m0/s1. The Balaban J connectivity index is 1.61. The molecule has 5 atom stereocenters. The van der Waals surface area contributed by atoms with E-state index in [0.29, 0.717) is 38.0 Å². The molecule has 226 valence electrons. The summed E-state index contributed by atoms with van der Waals surface area (Å²) in [7, 11) is 0. The Kier molecular flexibility index (Phi) is 9.24. The summed E-state index contributed by atoms with van der Waals surface area (Å²) < 4.78 is 24.6. The number of nitrogen functional groups attached to an aromatic ring is 1. The van der Waals surface area contributed by atoms with E-state index in [-0.39, 0.29) is 6.61 Å². The Morgan fingerprint density at radius 2 is 1.91 bits per heavy atom. The van der Waals surface area contributed by atoms with Crippen LogP contribution in [0.2, 0.25) is 5.02 Å². The van der Waals surface area contributed by atoms with Crippen LogP contribution in [0.4, 0.5) is 5.13 Å². The van der Waals surface area contributed by atoms with Crippen molar-refractivity contribution in [2.75, 3.05) is 12.3 Å². The minimum Gasteiger partial charge on any atom is -0.463 e. The fourth-order valence-electron chi connectivity index (χ4n) is 4.43. The fraction of sp³-hybridized carbons (Fsp3) is 0.360. The first kappa shape index (κ1) is 30.4. The number of pyridine rings is 1. The van der Waals surface area contributed by atoms with Crippen LogP contribution in [0.3, 0.4) is 0 Å². The van der Waals surface area contributed by atoms with Crippen molar-refractivity contribution < 1.29 is 33.3 Å². The molecule has 18 heteroatoms. The minimum absolute atomic E-state index is 0.281. The molecule has 0 aromatic carbocycles. The Bertz CT molecular complexity index is 1610. The van der Waals surface area contributed by atoms with Gasteiger partial charge in [0.05, 0.1) is 11.2 Å². The van der Waals surface area contributed by atoms with Gasteiger partial charge in [-0.2, -0.15) is 0 Å². The second-order valence-electron chi connectivity index (χ2n) is 9.19. The molecule has 15 nitrogen and oxygen atoms in total. The van der Waals surface area contributed by atoms with Crippen molar-refractivity contribution in [1.82, 2.24) is 34.9 Å². The molecule has 43 heavy (non-hydrogen) atoms. The van der Waals surface area contributed by atoms with E-state index >= 15 is 0 Å². The lowest BCUT2D eigenvalue weighted by Gasteiger charge is -2.44. The minimum atomic E-state index is -1.13. The third kappa shape index (κ3) is 7.12. The zero-order chi connectivity index (χ0) is 30.7. The average Bonchev–Trinajstić information content (AvgIpc) is 3.71. The molecule has 3 N–H and O–H groups in total. The molecular formula is C25H25ClN8O7S2. The normalized spacial score (nSPS) is 21.7. The lowest BCUT2D eigenvalue weighted by molar-refractivity contribution is -0.212. The van der Waals surface area contributed by atoms with E-state index in [4.69, 9.17) is 36.3 Å². The van der Waals surface area contributed by atoms with Crippen LogP contribution in [-0.4, -0.2) is 83.2 Å². The van der Waals surface area contributed by atoms with Gasteiger partial charge in [0.25, 0.3) is 0 Å². The molecule has 3 unspecified atom stereocenters. The highest BCUT2D eigenvalue weighted by atomic mass is 35.5. The number of imidazole rings is 1. The fourth-order valence-corrected chi connectivity index (χ4v) is 6.47. The van der Waals surface area contributed by atoms with Gasteiger partial charge in [0, 0.05) is 49.6 Å². The molecule has 1 fully saturated rings. The predicted molar refractivity (Wildman–Crippen MR) is 154 cm³/mol. The van der Waals surface area contributed by atoms with Crippen LogP contribution in [0.15, 0.2) is 41.1 Å². The number of anilines is 1. The van der Waals surface area contributed by atoms with Crippen molar-refractivity contribution in [2.45, 2.75) is 55.5 Å². The first-order valence-electron chi connectivity index (χ1n) is 12.7. The number of halogens is 1. The van der Waals surface area contributed by atoms with E-state index in [2.05, 4.69) is 30.2 Å². The number of ether oxygens (including phenoxy) is 4. The molecular weight excluding hydrogens is 624 g/mol. The summed E-state index contributed by atoms with van der Waals surface area (Å²) in [5, 5.41) is 10.9. The van der Waals surface area contributed by atoms with Crippen LogP contribution in [0.5, 0.6) is 0 Å². The van der Waals surface area contributed by atoms with E-state index in [9.17, 15) is 14.4 Å². The lowest BCUT2D eigenvalue weighted by Crippen LogP contribution is -2.57. The molecule has 0 radical (unpaired) electrons. The van der Waals surface area contributed by atoms with Gasteiger partial charge in [-0.1, -0.05) is 28.6 Å². The van der Waals surface area contributed by atoms with Gasteiger partial charge >= 0.3 is 17.9 Å². The van der Waals surface area contributed by atoms with Crippen molar-refractivity contribution >= 4 is 57.7 Å². The highest BCUT2D eigenvalue weighted by Crippen LogP contribution is 2.43. The van der Waals surface area contributed by atoms with Gasteiger partial charge in [-0.15, -0.1) is 16.4 Å². The molecule has 0 amide bonds. The maximum Gasteiger partial charge on any atom is 0.303 e. The molecule has 0 spiro atoms. The number of aromatic nitrogens is 7. The van der Waals surface area contributed by atoms with E-state index in [1.54, 1.807) is 30.0 Å². The van der Waals surface area contributed by atoms with Gasteiger partial charge in [-0.25, -0.2) is 14.6 Å². The summed E-state index contributed by atoms with van der Waals surface area (Å²) in [5.41, 5.74) is 6.14. The van der Waals surface area contributed by atoms with Gasteiger partial charge in [0.2, 0.25) is 0 Å². The molecule has 0 aliphatic carbocycles. The van der Waals surface area contributed by atoms with Gasteiger partial charge in [-0.3, -0.25) is 19.4 Å². The summed E-state index contributed by atoms with van der Waals surface area (Å²) >= 11 is 8.68. The maximum absolute atomic E-state index is 12.5. The molecule has 1 aliphatic heterocycles. The number of thioether (sulfide) groups is 1. The largest absolute Gasteiger partial charge is 0.463 e. The zero-order valence-corrected chi connectivity index (χ0v) is 25.3. The lowest BCUT2D eigenvalue weighted by atomic mass is 9.96. The molecule has 1 aliphatic rings. The summed E-state index contributed by atoms with van der Waals surface area (Å²) in [4.78, 5) is 53.1. The molecule has 5 heterocycles. The van der Waals surface area contributed by atoms with Crippen molar-refractivity contribution in [2.24, 2.45) is 0 Å². The molecule has 4 aromatic heterocycles. The smallest absolute Gasteiger partial charge is 0.303 e. The first-order chi connectivity index (χ1) is 20.6. The third-order valence-corrected chi connectivity index (χ3v) is 8.11. The van der Waals surface area contributed by atoms with Crippen LogP contribution in [0.25, 0.3) is 22.9 Å². The summed E-state index contributed by atoms with van der Waals surface area (Å²) in [6, 6.07) is 0.677. The highest BCUT2D eigenvalue weighted by molar-refractivity contribution is 8.00. The zero-order valence-electron chi connectivity index (χ0n) is 22.9. The molecule has 0 saturated carbocycles. The van der Waals surface area contributed by atoms with Gasteiger partial charge in [-0.05, 0) is 6.07 Å². The molecule has 1 saturated heterocycles. The number of carbonyl (C=O) groups is 3.